The fourth-order valence-electron chi connectivity index (χ4n) is 1.75. The molecule has 0 aromatic rings. The van der Waals surface area contributed by atoms with Crippen LogP contribution in [-0.2, 0) is 9.53 Å². The minimum Gasteiger partial charge on any atom is -0.480 e. The van der Waals surface area contributed by atoms with Gasteiger partial charge in [0, 0.05) is 26.7 Å². The predicted molar refractivity (Wildman–Crippen MR) is 53.2 cm³/mol. The van der Waals surface area contributed by atoms with Gasteiger partial charge in [-0.1, -0.05) is 0 Å². The number of nitriles is 1. The van der Waals surface area contributed by atoms with Crippen LogP contribution in [0.25, 0.3) is 0 Å². The monoisotopic (exact) mass is 212 g/mol. The molecule has 5 heteroatoms. The number of likely N-dealkylation sites (tertiary alicyclic amines) is 1. The summed E-state index contributed by atoms with van der Waals surface area (Å²) in [7, 11) is 1.64. The predicted octanol–water partition coefficient (Wildman–Crippen LogP) is 0.323. The largest absolute Gasteiger partial charge is 0.480 e. The van der Waals surface area contributed by atoms with Gasteiger partial charge in [0.15, 0.2) is 5.41 Å². The third kappa shape index (κ3) is 2.67. The number of rotatable bonds is 4. The highest BCUT2D eigenvalue weighted by atomic mass is 16.5. The second-order valence-electron chi connectivity index (χ2n) is 3.83. The van der Waals surface area contributed by atoms with Crippen molar-refractivity contribution in [2.75, 3.05) is 33.4 Å². The minimum absolute atomic E-state index is 0.405. The lowest BCUT2D eigenvalue weighted by Crippen LogP contribution is -2.44. The van der Waals surface area contributed by atoms with Crippen molar-refractivity contribution in [3.63, 3.8) is 0 Å². The van der Waals surface area contributed by atoms with Crippen LogP contribution in [0.1, 0.15) is 12.8 Å². The number of hydrogen-bond donors (Lipinski definition) is 1. The van der Waals surface area contributed by atoms with Gasteiger partial charge < -0.3 is 14.7 Å². The summed E-state index contributed by atoms with van der Waals surface area (Å²) in [5.74, 6) is -0.989. The maximum absolute atomic E-state index is 11.0. The van der Waals surface area contributed by atoms with Gasteiger partial charge in [0.2, 0.25) is 0 Å². The molecule has 1 heterocycles. The van der Waals surface area contributed by atoms with Gasteiger partial charge in [-0.2, -0.15) is 5.26 Å². The number of piperidine rings is 1. The molecule has 0 amide bonds. The molecule has 0 bridgehead atoms. The molecule has 1 saturated heterocycles. The van der Waals surface area contributed by atoms with Crippen molar-refractivity contribution in [3.05, 3.63) is 0 Å². The Kier molecular flexibility index (Phi) is 4.06. The van der Waals surface area contributed by atoms with Crippen molar-refractivity contribution in [2.24, 2.45) is 5.41 Å². The molecule has 15 heavy (non-hydrogen) atoms. The summed E-state index contributed by atoms with van der Waals surface area (Å²) >= 11 is 0. The Balaban J connectivity index is 2.47. The van der Waals surface area contributed by atoms with Crippen LogP contribution in [0, 0.1) is 16.7 Å². The maximum atomic E-state index is 11.0. The summed E-state index contributed by atoms with van der Waals surface area (Å²) in [4.78, 5) is 13.1. The van der Waals surface area contributed by atoms with Crippen molar-refractivity contribution in [2.45, 2.75) is 12.8 Å². The standard InChI is InChI=1S/C10H16N2O3/c1-15-7-6-12-4-2-10(8-11,3-5-12)9(13)14/h2-7H2,1H3,(H,13,14). The highest BCUT2D eigenvalue weighted by Crippen LogP contribution is 2.30. The second-order valence-corrected chi connectivity index (χ2v) is 3.83. The first-order valence-electron chi connectivity index (χ1n) is 5.00. The number of ether oxygens (including phenoxy) is 1. The molecule has 84 valence electrons. The molecule has 5 nitrogen and oxygen atoms in total. The van der Waals surface area contributed by atoms with E-state index in [1.54, 1.807) is 7.11 Å². The molecule has 1 N–H and O–H groups in total. The van der Waals surface area contributed by atoms with E-state index in [2.05, 4.69) is 4.90 Å². The van der Waals surface area contributed by atoms with E-state index in [4.69, 9.17) is 15.1 Å². The van der Waals surface area contributed by atoms with E-state index in [0.717, 1.165) is 6.54 Å². The Morgan fingerprint density at radius 1 is 1.60 bits per heavy atom. The van der Waals surface area contributed by atoms with Crippen molar-refractivity contribution in [1.29, 1.82) is 5.26 Å². The summed E-state index contributed by atoms with van der Waals surface area (Å²) in [6.45, 7) is 2.76. The topological polar surface area (TPSA) is 73.6 Å². The normalized spacial score (nSPS) is 20.8. The fourth-order valence-corrected chi connectivity index (χ4v) is 1.75. The number of carbonyl (C=O) groups is 1. The van der Waals surface area contributed by atoms with Gasteiger partial charge in [-0.3, -0.25) is 4.79 Å². The molecule has 0 spiro atoms. The van der Waals surface area contributed by atoms with E-state index < -0.39 is 11.4 Å². The summed E-state index contributed by atoms with van der Waals surface area (Å²) < 4.78 is 4.95. The lowest BCUT2D eigenvalue weighted by molar-refractivity contribution is -0.147. The number of hydrogen-bond acceptors (Lipinski definition) is 4. The van der Waals surface area contributed by atoms with Crippen molar-refractivity contribution in [1.82, 2.24) is 4.90 Å². The average molecular weight is 212 g/mol. The van der Waals surface area contributed by atoms with Crippen LogP contribution in [0.2, 0.25) is 0 Å². The van der Waals surface area contributed by atoms with Crippen LogP contribution in [0.5, 0.6) is 0 Å². The average Bonchev–Trinajstić information content (AvgIpc) is 2.27. The molecular formula is C10H16N2O3. The molecule has 0 aromatic carbocycles. The minimum atomic E-state index is -1.16. The van der Waals surface area contributed by atoms with Crippen molar-refractivity contribution < 1.29 is 14.6 Å². The quantitative estimate of drug-likeness (QED) is 0.726. The second kappa shape index (κ2) is 5.10. The zero-order valence-corrected chi connectivity index (χ0v) is 8.90. The van der Waals surface area contributed by atoms with E-state index in [0.29, 0.717) is 32.5 Å². The summed E-state index contributed by atoms with van der Waals surface area (Å²) in [5.41, 5.74) is -1.16. The molecule has 1 fully saturated rings. The molecule has 0 aromatic heterocycles. The molecule has 0 aliphatic carbocycles. The molecule has 1 aliphatic rings. The molecule has 1 rings (SSSR count). The van der Waals surface area contributed by atoms with Crippen LogP contribution in [0.4, 0.5) is 0 Å². The summed E-state index contributed by atoms with van der Waals surface area (Å²) in [6, 6.07) is 1.94. The lowest BCUT2D eigenvalue weighted by atomic mass is 9.80. The number of carboxylic acid groups (broad SMARTS) is 1. The first-order valence-corrected chi connectivity index (χ1v) is 5.00. The molecule has 0 unspecified atom stereocenters. The fraction of sp³-hybridized carbons (Fsp3) is 0.800. The van der Waals surface area contributed by atoms with Crippen LogP contribution in [0.15, 0.2) is 0 Å². The van der Waals surface area contributed by atoms with E-state index in [9.17, 15) is 4.79 Å². The van der Waals surface area contributed by atoms with Gasteiger partial charge in [0.05, 0.1) is 12.7 Å². The van der Waals surface area contributed by atoms with Crippen LogP contribution >= 0.6 is 0 Å². The van der Waals surface area contributed by atoms with Crippen LogP contribution in [0.3, 0.4) is 0 Å². The number of methoxy groups -OCH3 is 1. The van der Waals surface area contributed by atoms with Gasteiger partial charge in [0.25, 0.3) is 0 Å². The zero-order chi connectivity index (χ0) is 11.3. The van der Waals surface area contributed by atoms with E-state index in [-0.39, 0.29) is 0 Å². The third-order valence-corrected chi connectivity index (χ3v) is 2.94. The third-order valence-electron chi connectivity index (χ3n) is 2.94. The van der Waals surface area contributed by atoms with Crippen LogP contribution in [-0.4, -0.2) is 49.3 Å². The zero-order valence-electron chi connectivity index (χ0n) is 8.90. The highest BCUT2D eigenvalue weighted by molar-refractivity contribution is 5.78. The van der Waals surface area contributed by atoms with Gasteiger partial charge in [0.1, 0.15) is 0 Å². The summed E-state index contributed by atoms with van der Waals surface area (Å²) in [5, 5.41) is 17.9. The van der Waals surface area contributed by atoms with Gasteiger partial charge in [-0.25, -0.2) is 0 Å². The molecule has 0 atom stereocenters. The first-order chi connectivity index (χ1) is 7.14. The van der Waals surface area contributed by atoms with E-state index in [1.807, 2.05) is 6.07 Å². The van der Waals surface area contributed by atoms with Crippen molar-refractivity contribution >= 4 is 5.97 Å². The molecule has 0 radical (unpaired) electrons. The van der Waals surface area contributed by atoms with Crippen molar-refractivity contribution in [3.8, 4) is 6.07 Å². The Morgan fingerprint density at radius 2 is 2.20 bits per heavy atom. The molecular weight excluding hydrogens is 196 g/mol. The van der Waals surface area contributed by atoms with Gasteiger partial charge in [-0.15, -0.1) is 0 Å². The Morgan fingerprint density at radius 3 is 2.60 bits per heavy atom. The van der Waals surface area contributed by atoms with E-state index >= 15 is 0 Å². The smallest absolute Gasteiger partial charge is 0.324 e. The number of aliphatic carboxylic acids is 1. The Labute approximate surface area is 89.2 Å². The van der Waals surface area contributed by atoms with Crippen LogP contribution < -0.4 is 0 Å². The Bertz CT molecular complexity index is 264. The summed E-state index contributed by atoms with van der Waals surface area (Å²) in [6.07, 6.45) is 0.811. The molecule has 0 saturated carbocycles. The number of nitrogens with zero attached hydrogens (tertiary/aromatic N) is 2. The Hall–Kier alpha value is -1.12. The first kappa shape index (κ1) is 12.0. The SMILES string of the molecule is COCCN1CCC(C#N)(C(=O)O)CC1. The highest BCUT2D eigenvalue weighted by Gasteiger charge is 2.41. The lowest BCUT2D eigenvalue weighted by Gasteiger charge is -2.34. The number of carboxylic acids is 1. The van der Waals surface area contributed by atoms with E-state index in [1.165, 1.54) is 0 Å². The van der Waals surface area contributed by atoms with Gasteiger partial charge in [-0.05, 0) is 12.8 Å². The van der Waals surface area contributed by atoms with Gasteiger partial charge >= 0.3 is 5.97 Å². The maximum Gasteiger partial charge on any atom is 0.324 e. The molecule has 1 aliphatic heterocycles.